The molecular formula is C16H17BrFN. The van der Waals surface area contributed by atoms with E-state index < -0.39 is 0 Å². The van der Waals surface area contributed by atoms with Gasteiger partial charge >= 0.3 is 0 Å². The maximum Gasteiger partial charge on any atom is 0.123 e. The summed E-state index contributed by atoms with van der Waals surface area (Å²) in [5.41, 5.74) is 10.6. The molecule has 0 bridgehead atoms. The molecule has 1 nitrogen and oxygen atoms in total. The molecule has 0 aliphatic carbocycles. The lowest BCUT2D eigenvalue weighted by Crippen LogP contribution is -2.15. The maximum atomic E-state index is 13.3. The lowest BCUT2D eigenvalue weighted by molar-refractivity contribution is 0.620. The van der Waals surface area contributed by atoms with Gasteiger partial charge in [0, 0.05) is 10.5 Å². The topological polar surface area (TPSA) is 26.0 Å². The van der Waals surface area contributed by atoms with E-state index in [9.17, 15) is 4.39 Å². The van der Waals surface area contributed by atoms with Gasteiger partial charge in [0.2, 0.25) is 0 Å². The highest BCUT2D eigenvalue weighted by Gasteiger charge is 2.12. The highest BCUT2D eigenvalue weighted by Crippen LogP contribution is 2.24. The molecule has 100 valence electrons. The van der Waals surface area contributed by atoms with E-state index in [1.54, 1.807) is 12.1 Å². The van der Waals surface area contributed by atoms with Gasteiger partial charge in [-0.15, -0.1) is 0 Å². The largest absolute Gasteiger partial charge is 0.324 e. The molecule has 0 radical (unpaired) electrons. The molecule has 3 heteroatoms. The quantitative estimate of drug-likeness (QED) is 0.888. The highest BCUT2D eigenvalue weighted by atomic mass is 79.9. The van der Waals surface area contributed by atoms with Crippen LogP contribution in [-0.4, -0.2) is 0 Å². The lowest BCUT2D eigenvalue weighted by Gasteiger charge is -2.16. The molecule has 0 spiro atoms. The molecule has 0 heterocycles. The zero-order valence-corrected chi connectivity index (χ0v) is 12.7. The monoisotopic (exact) mass is 321 g/mol. The van der Waals surface area contributed by atoms with Crippen LogP contribution in [0.2, 0.25) is 0 Å². The minimum absolute atomic E-state index is 0.117. The molecule has 0 amide bonds. The second kappa shape index (κ2) is 5.85. The maximum absolute atomic E-state index is 13.3. The van der Waals surface area contributed by atoms with Crippen molar-refractivity contribution >= 4 is 15.9 Å². The first-order chi connectivity index (χ1) is 8.97. The Kier molecular flexibility index (Phi) is 4.38. The van der Waals surface area contributed by atoms with Crippen LogP contribution >= 0.6 is 15.9 Å². The number of benzene rings is 2. The Bertz CT molecular complexity index is 595. The summed E-state index contributed by atoms with van der Waals surface area (Å²) in [4.78, 5) is 0. The Morgan fingerprint density at radius 3 is 2.53 bits per heavy atom. The van der Waals surface area contributed by atoms with Crippen LogP contribution in [0.5, 0.6) is 0 Å². The third-order valence-electron chi connectivity index (χ3n) is 3.38. The fourth-order valence-electron chi connectivity index (χ4n) is 2.26. The SMILES string of the molecule is Cc1ccc(F)cc1CC(N)c1ccc(Br)cc1C. The van der Waals surface area contributed by atoms with Gasteiger partial charge in [-0.3, -0.25) is 0 Å². The van der Waals surface area contributed by atoms with E-state index in [4.69, 9.17) is 5.73 Å². The van der Waals surface area contributed by atoms with Crippen molar-refractivity contribution in [1.29, 1.82) is 0 Å². The van der Waals surface area contributed by atoms with Crippen molar-refractivity contribution in [3.05, 3.63) is 68.9 Å². The van der Waals surface area contributed by atoms with Gasteiger partial charge in [-0.25, -0.2) is 4.39 Å². The average molecular weight is 322 g/mol. The second-order valence-electron chi connectivity index (χ2n) is 4.88. The normalized spacial score (nSPS) is 12.5. The van der Waals surface area contributed by atoms with E-state index in [2.05, 4.69) is 15.9 Å². The third kappa shape index (κ3) is 3.43. The molecule has 0 aliphatic heterocycles. The summed E-state index contributed by atoms with van der Waals surface area (Å²) >= 11 is 3.44. The van der Waals surface area contributed by atoms with Crippen molar-refractivity contribution in [1.82, 2.24) is 0 Å². The van der Waals surface area contributed by atoms with Crippen LogP contribution in [0.3, 0.4) is 0 Å². The molecule has 19 heavy (non-hydrogen) atoms. The first-order valence-electron chi connectivity index (χ1n) is 6.24. The Balaban J connectivity index is 2.25. The van der Waals surface area contributed by atoms with Gasteiger partial charge in [0.25, 0.3) is 0 Å². The summed E-state index contributed by atoms with van der Waals surface area (Å²) in [6.45, 7) is 4.02. The van der Waals surface area contributed by atoms with Crippen LogP contribution in [0, 0.1) is 19.7 Å². The van der Waals surface area contributed by atoms with Crippen LogP contribution in [0.1, 0.15) is 28.3 Å². The van der Waals surface area contributed by atoms with Gasteiger partial charge in [-0.05, 0) is 66.8 Å². The smallest absolute Gasteiger partial charge is 0.123 e. The number of nitrogens with two attached hydrogens (primary N) is 1. The predicted molar refractivity (Wildman–Crippen MR) is 80.6 cm³/mol. The molecule has 0 saturated carbocycles. The third-order valence-corrected chi connectivity index (χ3v) is 3.88. The Morgan fingerprint density at radius 2 is 1.84 bits per heavy atom. The van der Waals surface area contributed by atoms with E-state index in [-0.39, 0.29) is 11.9 Å². The molecule has 2 rings (SSSR count). The number of halogens is 2. The van der Waals surface area contributed by atoms with Crippen LogP contribution in [-0.2, 0) is 6.42 Å². The van der Waals surface area contributed by atoms with Crippen molar-refractivity contribution in [3.63, 3.8) is 0 Å². The van der Waals surface area contributed by atoms with Gasteiger partial charge in [-0.1, -0.05) is 28.1 Å². The molecule has 0 saturated heterocycles. The van der Waals surface area contributed by atoms with Crippen molar-refractivity contribution < 1.29 is 4.39 Å². The van der Waals surface area contributed by atoms with Crippen molar-refractivity contribution in [2.24, 2.45) is 5.73 Å². The minimum atomic E-state index is -0.208. The van der Waals surface area contributed by atoms with Gasteiger partial charge in [0.15, 0.2) is 0 Å². The fraction of sp³-hybridized carbons (Fsp3) is 0.250. The average Bonchev–Trinajstić information content (AvgIpc) is 2.33. The number of aryl methyl sites for hydroxylation is 2. The van der Waals surface area contributed by atoms with Crippen LogP contribution in [0.15, 0.2) is 40.9 Å². The molecule has 2 N–H and O–H groups in total. The van der Waals surface area contributed by atoms with Gasteiger partial charge in [-0.2, -0.15) is 0 Å². The van der Waals surface area contributed by atoms with Crippen molar-refractivity contribution in [2.45, 2.75) is 26.3 Å². The van der Waals surface area contributed by atoms with Gasteiger partial charge in [0.05, 0.1) is 0 Å². The van der Waals surface area contributed by atoms with E-state index in [0.717, 1.165) is 26.7 Å². The first-order valence-corrected chi connectivity index (χ1v) is 7.03. The molecule has 1 atom stereocenters. The van der Waals surface area contributed by atoms with Crippen LogP contribution < -0.4 is 5.73 Å². The lowest BCUT2D eigenvalue weighted by atomic mass is 9.94. The summed E-state index contributed by atoms with van der Waals surface area (Å²) in [5.74, 6) is -0.208. The minimum Gasteiger partial charge on any atom is -0.324 e. The van der Waals surface area contributed by atoms with Crippen molar-refractivity contribution in [2.75, 3.05) is 0 Å². The molecule has 0 aliphatic rings. The molecule has 1 unspecified atom stereocenters. The Labute approximate surface area is 121 Å². The van der Waals surface area contributed by atoms with Crippen molar-refractivity contribution in [3.8, 4) is 0 Å². The summed E-state index contributed by atoms with van der Waals surface area (Å²) in [6.07, 6.45) is 0.645. The van der Waals surface area contributed by atoms with Crippen LogP contribution in [0.4, 0.5) is 4.39 Å². The zero-order chi connectivity index (χ0) is 14.0. The standard InChI is InChI=1S/C16H17BrFN/c1-10-3-5-14(18)8-12(10)9-16(19)15-6-4-13(17)7-11(15)2/h3-8,16H,9,19H2,1-2H3. The molecule has 0 aromatic heterocycles. The molecule has 0 fully saturated rings. The molecular weight excluding hydrogens is 305 g/mol. The first kappa shape index (κ1) is 14.2. The van der Waals surface area contributed by atoms with Crippen LogP contribution in [0.25, 0.3) is 0 Å². The Morgan fingerprint density at radius 1 is 1.11 bits per heavy atom. The highest BCUT2D eigenvalue weighted by molar-refractivity contribution is 9.10. The van der Waals surface area contributed by atoms with E-state index in [1.165, 1.54) is 6.07 Å². The summed E-state index contributed by atoms with van der Waals surface area (Å²) < 4.78 is 14.3. The summed E-state index contributed by atoms with van der Waals surface area (Å²) in [5, 5.41) is 0. The van der Waals surface area contributed by atoms with E-state index in [1.807, 2.05) is 32.0 Å². The van der Waals surface area contributed by atoms with E-state index in [0.29, 0.717) is 6.42 Å². The fourth-order valence-corrected chi connectivity index (χ4v) is 2.74. The number of hydrogen-bond donors (Lipinski definition) is 1. The number of hydrogen-bond acceptors (Lipinski definition) is 1. The van der Waals surface area contributed by atoms with Gasteiger partial charge < -0.3 is 5.73 Å². The van der Waals surface area contributed by atoms with E-state index >= 15 is 0 Å². The second-order valence-corrected chi connectivity index (χ2v) is 5.80. The zero-order valence-electron chi connectivity index (χ0n) is 11.1. The van der Waals surface area contributed by atoms with Gasteiger partial charge in [0.1, 0.15) is 5.82 Å². The summed E-state index contributed by atoms with van der Waals surface area (Å²) in [6, 6.07) is 10.8. The predicted octanol–water partition coefficient (Wildman–Crippen LogP) is 4.45. The molecule has 2 aromatic carbocycles. The summed E-state index contributed by atoms with van der Waals surface area (Å²) in [7, 11) is 0. The number of rotatable bonds is 3. The Hall–Kier alpha value is -1.19. The molecule has 2 aromatic rings.